The first kappa shape index (κ1) is 17.4. The lowest BCUT2D eigenvalue weighted by atomic mass is 9.77. The number of carbonyl (C=O) groups excluding carboxylic acids is 1. The number of aliphatic hydroxyl groups excluding tert-OH is 1. The zero-order valence-electron chi connectivity index (χ0n) is 13.1. The van der Waals surface area contributed by atoms with Gasteiger partial charge in [-0.15, -0.1) is 0 Å². The lowest BCUT2D eigenvalue weighted by molar-refractivity contribution is -0.144. The Bertz CT molecular complexity index is 283. The minimum absolute atomic E-state index is 0.187. The van der Waals surface area contributed by atoms with Crippen LogP contribution in [0.3, 0.4) is 0 Å². The fourth-order valence-electron chi connectivity index (χ4n) is 3.24. The molecule has 0 unspecified atom stereocenters. The van der Waals surface area contributed by atoms with E-state index < -0.39 is 0 Å². The fourth-order valence-corrected chi connectivity index (χ4v) is 3.24. The summed E-state index contributed by atoms with van der Waals surface area (Å²) in [6, 6.07) is 0. The molecule has 1 amide bonds. The van der Waals surface area contributed by atoms with E-state index in [2.05, 4.69) is 18.7 Å². The van der Waals surface area contributed by atoms with Gasteiger partial charge in [-0.1, -0.05) is 26.7 Å². The van der Waals surface area contributed by atoms with Crippen LogP contribution in [0, 0.1) is 5.41 Å². The van der Waals surface area contributed by atoms with Crippen LogP contribution in [0.4, 0.5) is 0 Å². The highest BCUT2D eigenvalue weighted by Gasteiger charge is 2.39. The second-order valence-corrected chi connectivity index (χ2v) is 5.84. The molecule has 1 fully saturated rings. The maximum Gasteiger partial charge on any atom is 0.230 e. The third-order valence-corrected chi connectivity index (χ3v) is 4.38. The fraction of sp³-hybridized carbons (Fsp3) is 0.933. The molecule has 0 aromatic heterocycles. The Morgan fingerprint density at radius 2 is 1.70 bits per heavy atom. The number of amides is 1. The zero-order valence-corrected chi connectivity index (χ0v) is 13.1. The average molecular weight is 285 g/mol. The maximum atomic E-state index is 12.9. The van der Waals surface area contributed by atoms with Crippen molar-refractivity contribution < 1.29 is 9.90 Å². The summed E-state index contributed by atoms with van der Waals surface area (Å²) < 4.78 is 0. The van der Waals surface area contributed by atoms with Crippen LogP contribution >= 0.6 is 0 Å². The molecule has 5 nitrogen and oxygen atoms in total. The monoisotopic (exact) mass is 285 g/mol. The number of β-amino-alcohol motifs (C(OH)–C–C–N with tert-alkyl or cyclic N) is 1. The van der Waals surface area contributed by atoms with Gasteiger partial charge in [-0.3, -0.25) is 9.69 Å². The Morgan fingerprint density at radius 1 is 1.15 bits per heavy atom. The molecule has 0 spiro atoms. The van der Waals surface area contributed by atoms with Gasteiger partial charge in [0.1, 0.15) is 0 Å². The van der Waals surface area contributed by atoms with Gasteiger partial charge in [0.15, 0.2) is 0 Å². The molecular formula is C15H31N3O2. The highest BCUT2D eigenvalue weighted by atomic mass is 16.3. The van der Waals surface area contributed by atoms with E-state index in [1.54, 1.807) is 0 Å². The molecule has 1 heterocycles. The first-order valence-electron chi connectivity index (χ1n) is 7.96. The predicted octanol–water partition coefficient (Wildman–Crippen LogP) is 0.668. The molecule has 0 aromatic carbocycles. The first-order valence-corrected chi connectivity index (χ1v) is 7.96. The second kappa shape index (κ2) is 8.60. The van der Waals surface area contributed by atoms with Crippen molar-refractivity contribution in [2.45, 2.75) is 39.5 Å². The number of rotatable bonds is 8. The summed E-state index contributed by atoms with van der Waals surface area (Å²) in [5, 5.41) is 8.96. The van der Waals surface area contributed by atoms with E-state index in [1.165, 1.54) is 0 Å². The van der Waals surface area contributed by atoms with Gasteiger partial charge >= 0.3 is 0 Å². The van der Waals surface area contributed by atoms with Gasteiger partial charge in [-0.2, -0.15) is 0 Å². The summed E-state index contributed by atoms with van der Waals surface area (Å²) >= 11 is 0. The molecule has 1 saturated heterocycles. The van der Waals surface area contributed by atoms with E-state index in [0.29, 0.717) is 13.1 Å². The van der Waals surface area contributed by atoms with Gasteiger partial charge in [0, 0.05) is 39.3 Å². The topological polar surface area (TPSA) is 69.8 Å². The number of aliphatic hydroxyl groups is 1. The second-order valence-electron chi connectivity index (χ2n) is 5.84. The molecule has 0 aromatic rings. The van der Waals surface area contributed by atoms with Gasteiger partial charge in [-0.25, -0.2) is 0 Å². The Morgan fingerprint density at radius 3 is 2.10 bits per heavy atom. The number of nitrogens with zero attached hydrogens (tertiary/aromatic N) is 2. The summed E-state index contributed by atoms with van der Waals surface area (Å²) in [7, 11) is 0. The average Bonchev–Trinajstić information content (AvgIpc) is 2.47. The Labute approximate surface area is 123 Å². The summed E-state index contributed by atoms with van der Waals surface area (Å²) in [6.45, 7) is 8.79. The minimum Gasteiger partial charge on any atom is -0.395 e. The van der Waals surface area contributed by atoms with Crippen LogP contribution in [0.25, 0.3) is 0 Å². The molecular weight excluding hydrogens is 254 g/mol. The van der Waals surface area contributed by atoms with Crippen molar-refractivity contribution in [2.75, 3.05) is 45.9 Å². The van der Waals surface area contributed by atoms with Crippen LogP contribution in [0.5, 0.6) is 0 Å². The third-order valence-electron chi connectivity index (χ3n) is 4.38. The van der Waals surface area contributed by atoms with Gasteiger partial charge in [0.25, 0.3) is 0 Å². The Balaban J connectivity index is 2.66. The van der Waals surface area contributed by atoms with Crippen molar-refractivity contribution in [3.63, 3.8) is 0 Å². The van der Waals surface area contributed by atoms with E-state index in [-0.39, 0.29) is 17.9 Å². The molecule has 0 bridgehead atoms. The van der Waals surface area contributed by atoms with E-state index in [1.807, 2.05) is 4.90 Å². The molecule has 3 N–H and O–H groups in total. The summed E-state index contributed by atoms with van der Waals surface area (Å²) in [5.74, 6) is 0.243. The van der Waals surface area contributed by atoms with Crippen molar-refractivity contribution in [3.05, 3.63) is 0 Å². The normalized spacial score (nSPS) is 17.5. The predicted molar refractivity (Wildman–Crippen MR) is 81.4 cm³/mol. The van der Waals surface area contributed by atoms with Gasteiger partial charge < -0.3 is 15.7 Å². The molecule has 1 rings (SSSR count). The highest BCUT2D eigenvalue weighted by Crippen LogP contribution is 2.31. The summed E-state index contributed by atoms with van der Waals surface area (Å²) in [6.07, 6.45) is 3.75. The van der Waals surface area contributed by atoms with Gasteiger partial charge in [0.2, 0.25) is 5.91 Å². The SMILES string of the molecule is CCCC(CN)(CCC)C(=O)N1CCN(CCO)CC1. The Hall–Kier alpha value is -0.650. The molecule has 5 heteroatoms. The number of hydrogen-bond acceptors (Lipinski definition) is 4. The zero-order chi connectivity index (χ0) is 15.0. The first-order chi connectivity index (χ1) is 9.63. The molecule has 1 aliphatic rings. The van der Waals surface area contributed by atoms with Crippen molar-refractivity contribution in [1.82, 2.24) is 9.80 Å². The van der Waals surface area contributed by atoms with Crippen molar-refractivity contribution in [1.29, 1.82) is 0 Å². The summed E-state index contributed by atoms with van der Waals surface area (Å²) in [5.41, 5.74) is 5.61. The largest absolute Gasteiger partial charge is 0.395 e. The number of nitrogens with two attached hydrogens (primary N) is 1. The van der Waals surface area contributed by atoms with Gasteiger partial charge in [-0.05, 0) is 12.8 Å². The number of piperazine rings is 1. The van der Waals surface area contributed by atoms with Gasteiger partial charge in [0.05, 0.1) is 12.0 Å². The van der Waals surface area contributed by atoms with Crippen LogP contribution in [0.15, 0.2) is 0 Å². The van der Waals surface area contributed by atoms with Crippen LogP contribution < -0.4 is 5.73 Å². The maximum absolute atomic E-state index is 12.9. The highest BCUT2D eigenvalue weighted by molar-refractivity contribution is 5.83. The molecule has 20 heavy (non-hydrogen) atoms. The standard InChI is InChI=1S/C15H31N3O2/c1-3-5-15(13-16,6-4-2)14(20)18-9-7-17(8-10-18)11-12-19/h19H,3-13,16H2,1-2H3. The van der Waals surface area contributed by atoms with E-state index in [4.69, 9.17) is 10.8 Å². The third kappa shape index (κ3) is 4.17. The van der Waals surface area contributed by atoms with Crippen LogP contribution in [-0.4, -0.2) is 66.7 Å². The number of hydrogen-bond donors (Lipinski definition) is 2. The van der Waals surface area contributed by atoms with Crippen molar-refractivity contribution >= 4 is 5.91 Å². The Kier molecular flexibility index (Phi) is 7.48. The molecule has 0 radical (unpaired) electrons. The van der Waals surface area contributed by atoms with Crippen LogP contribution in [0.2, 0.25) is 0 Å². The van der Waals surface area contributed by atoms with Crippen LogP contribution in [0.1, 0.15) is 39.5 Å². The minimum atomic E-state index is -0.358. The smallest absolute Gasteiger partial charge is 0.230 e. The van der Waals surface area contributed by atoms with Crippen molar-refractivity contribution in [2.24, 2.45) is 11.1 Å². The van der Waals surface area contributed by atoms with Crippen molar-refractivity contribution in [3.8, 4) is 0 Å². The molecule has 118 valence electrons. The molecule has 0 aliphatic carbocycles. The van der Waals surface area contributed by atoms with E-state index >= 15 is 0 Å². The quantitative estimate of drug-likeness (QED) is 0.688. The molecule has 0 atom stereocenters. The molecule has 0 saturated carbocycles. The molecule has 1 aliphatic heterocycles. The van der Waals surface area contributed by atoms with E-state index in [0.717, 1.165) is 51.9 Å². The lowest BCUT2D eigenvalue weighted by Crippen LogP contribution is -2.55. The lowest BCUT2D eigenvalue weighted by Gasteiger charge is -2.40. The van der Waals surface area contributed by atoms with E-state index in [9.17, 15) is 4.79 Å². The summed E-state index contributed by atoms with van der Waals surface area (Å²) in [4.78, 5) is 17.1. The number of carbonyl (C=O) groups is 1. The van der Waals surface area contributed by atoms with Crippen LogP contribution in [-0.2, 0) is 4.79 Å².